The molecule has 20 heavy (non-hydrogen) atoms. The van der Waals surface area contributed by atoms with Gasteiger partial charge in [-0.25, -0.2) is 4.79 Å². The van der Waals surface area contributed by atoms with Gasteiger partial charge in [-0.3, -0.25) is 9.97 Å². The Morgan fingerprint density at radius 1 is 1.20 bits per heavy atom. The molecule has 102 valence electrons. The normalized spacial score (nSPS) is 10.0. The lowest BCUT2D eigenvalue weighted by molar-refractivity contribution is -0.137. The number of ether oxygens (including phenoxy) is 1. The van der Waals surface area contributed by atoms with Crippen molar-refractivity contribution in [1.82, 2.24) is 9.97 Å². The van der Waals surface area contributed by atoms with E-state index in [1.807, 2.05) is 36.5 Å². The molecule has 0 spiro atoms. The molecule has 0 N–H and O–H groups in total. The number of hydrogen-bond acceptors (Lipinski definition) is 4. The fraction of sp³-hybridized carbons (Fsp3) is 0.188. The van der Waals surface area contributed by atoms with E-state index < -0.39 is 0 Å². The molecule has 4 nitrogen and oxygen atoms in total. The van der Waals surface area contributed by atoms with Gasteiger partial charge < -0.3 is 4.74 Å². The second kappa shape index (κ2) is 7.19. The Bertz CT molecular complexity index is 565. The van der Waals surface area contributed by atoms with Crippen LogP contribution in [-0.4, -0.2) is 22.5 Å². The van der Waals surface area contributed by atoms with Crippen molar-refractivity contribution in [1.29, 1.82) is 0 Å². The summed E-state index contributed by atoms with van der Waals surface area (Å²) >= 11 is 0. The van der Waals surface area contributed by atoms with Gasteiger partial charge in [0, 0.05) is 18.5 Å². The molecule has 0 radical (unpaired) electrons. The number of esters is 1. The molecule has 0 aliphatic rings. The summed E-state index contributed by atoms with van der Waals surface area (Å²) in [5, 5.41) is 0. The highest BCUT2D eigenvalue weighted by atomic mass is 16.5. The summed E-state index contributed by atoms with van der Waals surface area (Å²) in [5.74, 6) is -0.381. The van der Waals surface area contributed by atoms with E-state index in [9.17, 15) is 4.79 Å². The summed E-state index contributed by atoms with van der Waals surface area (Å²) < 4.78 is 4.92. The smallest absolute Gasteiger partial charge is 0.330 e. The van der Waals surface area contributed by atoms with E-state index in [1.165, 1.54) is 6.08 Å². The Hall–Kier alpha value is -2.49. The van der Waals surface area contributed by atoms with Gasteiger partial charge in [0.05, 0.1) is 18.0 Å². The fourth-order valence-electron chi connectivity index (χ4n) is 1.75. The molecule has 0 aliphatic heterocycles. The highest BCUT2D eigenvalue weighted by Gasteiger charge is 2.01. The monoisotopic (exact) mass is 268 g/mol. The van der Waals surface area contributed by atoms with Gasteiger partial charge in [0.2, 0.25) is 0 Å². The van der Waals surface area contributed by atoms with Crippen LogP contribution >= 0.6 is 0 Å². The molecular formula is C16H16N2O2. The summed E-state index contributed by atoms with van der Waals surface area (Å²) in [6, 6.07) is 9.71. The maximum Gasteiger partial charge on any atom is 0.330 e. The van der Waals surface area contributed by atoms with Crippen LogP contribution in [0.15, 0.2) is 55.4 Å². The number of aryl methyl sites for hydroxylation is 1. The molecule has 0 aromatic carbocycles. The lowest BCUT2D eigenvalue weighted by Gasteiger charge is -2.04. The van der Waals surface area contributed by atoms with Crippen LogP contribution in [0.4, 0.5) is 0 Å². The molecule has 0 aliphatic carbocycles. The molecule has 0 amide bonds. The van der Waals surface area contributed by atoms with Crippen molar-refractivity contribution < 1.29 is 9.53 Å². The SMILES string of the molecule is C=CC(=O)OCCCc1ccc(-c2ccccn2)nc1. The first-order valence-electron chi connectivity index (χ1n) is 6.45. The van der Waals surface area contributed by atoms with Crippen LogP contribution in [0.25, 0.3) is 11.4 Å². The Morgan fingerprint density at radius 3 is 2.70 bits per heavy atom. The molecule has 2 aromatic heterocycles. The Kier molecular flexibility index (Phi) is 5.00. The van der Waals surface area contributed by atoms with Crippen LogP contribution in [0.2, 0.25) is 0 Å². The van der Waals surface area contributed by atoms with Gasteiger partial charge in [-0.1, -0.05) is 18.7 Å². The first-order chi connectivity index (χ1) is 9.79. The standard InChI is InChI=1S/C16H16N2O2/c1-2-16(19)20-11-5-6-13-8-9-15(18-12-13)14-7-3-4-10-17-14/h2-4,7-10,12H,1,5-6,11H2. The predicted molar refractivity (Wildman–Crippen MR) is 76.9 cm³/mol. The number of hydrogen-bond donors (Lipinski definition) is 0. The average molecular weight is 268 g/mol. The van der Waals surface area contributed by atoms with Gasteiger partial charge >= 0.3 is 5.97 Å². The van der Waals surface area contributed by atoms with Crippen LogP contribution in [0.3, 0.4) is 0 Å². The maximum atomic E-state index is 10.9. The van der Waals surface area contributed by atoms with Gasteiger partial charge in [-0.15, -0.1) is 0 Å². The fourth-order valence-corrected chi connectivity index (χ4v) is 1.75. The Balaban J connectivity index is 1.86. The van der Waals surface area contributed by atoms with Crippen LogP contribution < -0.4 is 0 Å². The lowest BCUT2D eigenvalue weighted by Crippen LogP contribution is -2.03. The third kappa shape index (κ3) is 4.02. The third-order valence-corrected chi connectivity index (χ3v) is 2.77. The van der Waals surface area contributed by atoms with E-state index in [1.54, 1.807) is 6.20 Å². The van der Waals surface area contributed by atoms with Gasteiger partial charge in [0.15, 0.2) is 0 Å². The zero-order valence-corrected chi connectivity index (χ0v) is 11.2. The Morgan fingerprint density at radius 2 is 2.05 bits per heavy atom. The zero-order chi connectivity index (χ0) is 14.2. The quantitative estimate of drug-likeness (QED) is 0.459. The number of carbonyl (C=O) groups excluding carboxylic acids is 1. The number of pyridine rings is 2. The minimum atomic E-state index is -0.381. The molecule has 0 saturated carbocycles. The second-order valence-corrected chi connectivity index (χ2v) is 4.24. The number of aromatic nitrogens is 2. The van der Waals surface area contributed by atoms with Crippen molar-refractivity contribution >= 4 is 5.97 Å². The summed E-state index contributed by atoms with van der Waals surface area (Å²) in [6.45, 7) is 3.74. The van der Waals surface area contributed by atoms with Gasteiger partial charge in [0.1, 0.15) is 0 Å². The third-order valence-electron chi connectivity index (χ3n) is 2.77. The van der Waals surface area contributed by atoms with Crippen molar-refractivity contribution in [3.8, 4) is 11.4 Å². The summed E-state index contributed by atoms with van der Waals surface area (Å²) in [7, 11) is 0. The maximum absolute atomic E-state index is 10.9. The summed E-state index contributed by atoms with van der Waals surface area (Å²) in [5.41, 5.74) is 2.82. The van der Waals surface area contributed by atoms with Gasteiger partial charge in [0.25, 0.3) is 0 Å². The average Bonchev–Trinajstić information content (AvgIpc) is 2.52. The van der Waals surface area contributed by atoms with Gasteiger partial charge in [-0.2, -0.15) is 0 Å². The minimum Gasteiger partial charge on any atom is -0.463 e. The molecule has 2 aromatic rings. The molecule has 2 heterocycles. The summed E-state index contributed by atoms with van der Waals surface area (Å²) in [6.07, 6.45) is 6.34. The second-order valence-electron chi connectivity index (χ2n) is 4.24. The number of carbonyl (C=O) groups is 1. The van der Waals surface area contributed by atoms with E-state index in [0.717, 1.165) is 29.8 Å². The largest absolute Gasteiger partial charge is 0.463 e. The lowest BCUT2D eigenvalue weighted by atomic mass is 10.1. The minimum absolute atomic E-state index is 0.381. The summed E-state index contributed by atoms with van der Waals surface area (Å²) in [4.78, 5) is 19.5. The number of nitrogens with zero attached hydrogens (tertiary/aromatic N) is 2. The van der Waals surface area contributed by atoms with Crippen LogP contribution in [0.5, 0.6) is 0 Å². The molecular weight excluding hydrogens is 252 g/mol. The zero-order valence-electron chi connectivity index (χ0n) is 11.2. The van der Waals surface area contributed by atoms with Crippen LogP contribution in [0.1, 0.15) is 12.0 Å². The first kappa shape index (κ1) is 13.9. The molecule has 2 rings (SSSR count). The molecule has 0 unspecified atom stereocenters. The van der Waals surface area contributed by atoms with Crippen molar-refractivity contribution in [2.45, 2.75) is 12.8 Å². The molecule has 4 heteroatoms. The van der Waals surface area contributed by atoms with Crippen molar-refractivity contribution in [2.75, 3.05) is 6.61 Å². The highest BCUT2D eigenvalue weighted by Crippen LogP contribution is 2.14. The molecule has 0 saturated heterocycles. The van der Waals surface area contributed by atoms with E-state index in [4.69, 9.17) is 4.74 Å². The molecule has 0 bridgehead atoms. The van der Waals surface area contributed by atoms with E-state index in [-0.39, 0.29) is 5.97 Å². The highest BCUT2D eigenvalue weighted by molar-refractivity contribution is 5.81. The van der Waals surface area contributed by atoms with Crippen LogP contribution in [0, 0.1) is 0 Å². The van der Waals surface area contributed by atoms with E-state index in [2.05, 4.69) is 16.5 Å². The van der Waals surface area contributed by atoms with E-state index >= 15 is 0 Å². The molecule has 0 fully saturated rings. The Labute approximate surface area is 118 Å². The van der Waals surface area contributed by atoms with E-state index in [0.29, 0.717) is 6.61 Å². The topological polar surface area (TPSA) is 52.1 Å². The predicted octanol–water partition coefficient (Wildman–Crippen LogP) is 2.81. The van der Waals surface area contributed by atoms with Gasteiger partial charge in [-0.05, 0) is 36.6 Å². The number of rotatable bonds is 6. The van der Waals surface area contributed by atoms with Crippen molar-refractivity contribution in [3.05, 3.63) is 60.9 Å². The first-order valence-corrected chi connectivity index (χ1v) is 6.45. The van der Waals surface area contributed by atoms with Crippen molar-refractivity contribution in [3.63, 3.8) is 0 Å². The van der Waals surface area contributed by atoms with Crippen molar-refractivity contribution in [2.24, 2.45) is 0 Å². The van der Waals surface area contributed by atoms with Crippen LogP contribution in [-0.2, 0) is 16.0 Å². The molecule has 0 atom stereocenters.